The summed E-state index contributed by atoms with van der Waals surface area (Å²) in [5, 5.41) is 0. The first-order valence-corrected chi connectivity index (χ1v) is 4.94. The van der Waals surface area contributed by atoms with E-state index in [0.717, 1.165) is 12.0 Å². The van der Waals surface area contributed by atoms with Crippen LogP contribution in [0.5, 0.6) is 0 Å². The van der Waals surface area contributed by atoms with Gasteiger partial charge in [-0.15, -0.1) is 0 Å². The lowest BCUT2D eigenvalue weighted by molar-refractivity contribution is 0.911. The fourth-order valence-electron chi connectivity index (χ4n) is 2.06. The summed E-state index contributed by atoms with van der Waals surface area (Å²) >= 11 is 0. The molecule has 1 aliphatic carbocycles. The second kappa shape index (κ2) is 3.37. The van der Waals surface area contributed by atoms with Gasteiger partial charge in [-0.05, 0) is 49.3 Å². The third kappa shape index (κ3) is 1.82. The van der Waals surface area contributed by atoms with Crippen molar-refractivity contribution in [2.75, 3.05) is 0 Å². The molecule has 0 N–H and O–H groups in total. The van der Waals surface area contributed by atoms with Crippen molar-refractivity contribution >= 4 is 0 Å². The summed E-state index contributed by atoms with van der Waals surface area (Å²) in [6.45, 7) is 7.67. The van der Waals surface area contributed by atoms with E-state index in [9.17, 15) is 0 Å². The quantitative estimate of drug-likeness (QED) is 0.641. The van der Waals surface area contributed by atoms with E-state index >= 15 is 0 Å². The summed E-state index contributed by atoms with van der Waals surface area (Å²) in [6.07, 6.45) is 4.77. The second-order valence-corrected chi connectivity index (χ2v) is 3.98. The first-order chi connectivity index (χ1) is 6.25. The Hall–Kier alpha value is -1.04. The van der Waals surface area contributed by atoms with Crippen molar-refractivity contribution in [3.8, 4) is 0 Å². The van der Waals surface area contributed by atoms with Crippen LogP contribution in [-0.2, 0) is 19.3 Å². The minimum atomic E-state index is 0.924. The van der Waals surface area contributed by atoms with Gasteiger partial charge >= 0.3 is 0 Å². The van der Waals surface area contributed by atoms with Crippen LogP contribution >= 0.6 is 0 Å². The minimum Gasteiger partial charge on any atom is -0.0689 e. The van der Waals surface area contributed by atoms with E-state index in [4.69, 9.17) is 6.58 Å². The van der Waals surface area contributed by atoms with Crippen LogP contribution < -0.4 is 0 Å². The Bertz CT molecular complexity index is 334. The van der Waals surface area contributed by atoms with Crippen molar-refractivity contribution in [1.29, 1.82) is 0 Å². The van der Waals surface area contributed by atoms with Crippen LogP contribution in [0.25, 0.3) is 0 Å². The van der Waals surface area contributed by atoms with E-state index in [0.29, 0.717) is 0 Å². The SMILES string of the molecule is [CH]=C(C)Cc1ccc2c(c1)CCC2. The standard InChI is InChI=1S/C13H15/c1-10(2)8-11-6-7-12-4-3-5-13(12)9-11/h1,6-7,9H,3-5,8H2,2H3. The van der Waals surface area contributed by atoms with Crippen LogP contribution in [0.3, 0.4) is 0 Å². The second-order valence-electron chi connectivity index (χ2n) is 3.98. The first kappa shape index (κ1) is 8.55. The van der Waals surface area contributed by atoms with Gasteiger partial charge in [-0.25, -0.2) is 0 Å². The van der Waals surface area contributed by atoms with Crippen molar-refractivity contribution in [3.63, 3.8) is 0 Å². The summed E-state index contributed by atoms with van der Waals surface area (Å²) in [5.74, 6) is 0. The highest BCUT2D eigenvalue weighted by Gasteiger charge is 2.10. The molecule has 1 radical (unpaired) electrons. The maximum atomic E-state index is 5.69. The summed E-state index contributed by atoms with van der Waals surface area (Å²) in [4.78, 5) is 0. The van der Waals surface area contributed by atoms with E-state index in [1.165, 1.54) is 24.8 Å². The molecule has 0 heterocycles. The fourth-order valence-corrected chi connectivity index (χ4v) is 2.06. The molecule has 0 aromatic heterocycles. The summed E-state index contributed by atoms with van der Waals surface area (Å²) in [5.41, 5.74) is 5.44. The molecular formula is C13H15. The minimum absolute atomic E-state index is 0.924. The number of hydrogen-bond donors (Lipinski definition) is 0. The zero-order valence-corrected chi connectivity index (χ0v) is 8.14. The van der Waals surface area contributed by atoms with Crippen molar-refractivity contribution in [1.82, 2.24) is 0 Å². The van der Waals surface area contributed by atoms with Crippen LogP contribution in [0.15, 0.2) is 23.8 Å². The molecule has 67 valence electrons. The Morgan fingerprint density at radius 1 is 1.31 bits per heavy atom. The number of fused-ring (bicyclic) bond motifs is 1. The van der Waals surface area contributed by atoms with Crippen LogP contribution in [0.1, 0.15) is 30.0 Å². The molecule has 0 saturated heterocycles. The van der Waals surface area contributed by atoms with Gasteiger partial charge in [0.15, 0.2) is 0 Å². The van der Waals surface area contributed by atoms with Crippen molar-refractivity contribution in [2.24, 2.45) is 0 Å². The van der Waals surface area contributed by atoms with E-state index in [1.54, 1.807) is 11.1 Å². The number of benzene rings is 1. The molecule has 13 heavy (non-hydrogen) atoms. The number of hydrogen-bond acceptors (Lipinski definition) is 0. The predicted molar refractivity (Wildman–Crippen MR) is 55.7 cm³/mol. The summed E-state index contributed by atoms with van der Waals surface area (Å²) in [7, 11) is 0. The van der Waals surface area contributed by atoms with Crippen molar-refractivity contribution < 1.29 is 0 Å². The Labute approximate surface area is 80.3 Å². The smallest absolute Gasteiger partial charge is 0.00667 e. The van der Waals surface area contributed by atoms with E-state index in [1.807, 2.05) is 6.92 Å². The number of allylic oxidation sites excluding steroid dienone is 1. The molecule has 0 aliphatic heterocycles. The lowest BCUT2D eigenvalue weighted by Gasteiger charge is -2.04. The summed E-state index contributed by atoms with van der Waals surface area (Å²) < 4.78 is 0. The zero-order valence-electron chi connectivity index (χ0n) is 8.14. The average molecular weight is 171 g/mol. The average Bonchev–Trinajstić information content (AvgIpc) is 2.49. The molecule has 0 fully saturated rings. The number of aryl methyl sites for hydroxylation is 2. The Kier molecular flexibility index (Phi) is 2.22. The molecule has 0 heteroatoms. The lowest BCUT2D eigenvalue weighted by atomic mass is 10.0. The molecule has 1 aliphatic rings. The highest BCUT2D eigenvalue weighted by molar-refractivity contribution is 5.36. The van der Waals surface area contributed by atoms with Crippen LogP contribution in [-0.4, -0.2) is 0 Å². The molecule has 0 amide bonds. The zero-order chi connectivity index (χ0) is 9.26. The van der Waals surface area contributed by atoms with Crippen LogP contribution in [0.4, 0.5) is 0 Å². The fraction of sp³-hybridized carbons (Fsp3) is 0.385. The Morgan fingerprint density at radius 3 is 2.85 bits per heavy atom. The highest BCUT2D eigenvalue weighted by Crippen LogP contribution is 2.23. The molecule has 2 rings (SSSR count). The third-order valence-electron chi connectivity index (χ3n) is 2.65. The van der Waals surface area contributed by atoms with Crippen LogP contribution in [0, 0.1) is 6.58 Å². The van der Waals surface area contributed by atoms with Gasteiger partial charge < -0.3 is 0 Å². The maximum absolute atomic E-state index is 5.69. The molecule has 0 unspecified atom stereocenters. The molecule has 1 aromatic rings. The number of rotatable bonds is 2. The first-order valence-electron chi connectivity index (χ1n) is 4.94. The lowest BCUT2D eigenvalue weighted by Crippen LogP contribution is -1.89. The molecule has 0 nitrogen and oxygen atoms in total. The largest absolute Gasteiger partial charge is 0.0689 e. The van der Waals surface area contributed by atoms with E-state index < -0.39 is 0 Å². The molecule has 0 bridgehead atoms. The summed E-state index contributed by atoms with van der Waals surface area (Å²) in [6, 6.07) is 6.79. The Morgan fingerprint density at radius 2 is 2.08 bits per heavy atom. The molecule has 1 aromatic carbocycles. The van der Waals surface area contributed by atoms with Crippen molar-refractivity contribution in [2.45, 2.75) is 32.6 Å². The molecule has 0 spiro atoms. The highest BCUT2D eigenvalue weighted by atomic mass is 14.1. The van der Waals surface area contributed by atoms with Gasteiger partial charge in [-0.1, -0.05) is 30.4 Å². The Balaban J connectivity index is 2.25. The predicted octanol–water partition coefficient (Wildman–Crippen LogP) is 3.10. The van der Waals surface area contributed by atoms with Gasteiger partial charge in [0.25, 0.3) is 0 Å². The molecule has 0 atom stereocenters. The van der Waals surface area contributed by atoms with Gasteiger partial charge in [-0.2, -0.15) is 0 Å². The van der Waals surface area contributed by atoms with Crippen molar-refractivity contribution in [3.05, 3.63) is 47.0 Å². The van der Waals surface area contributed by atoms with Gasteiger partial charge in [0.2, 0.25) is 0 Å². The normalized spacial score (nSPS) is 14.2. The maximum Gasteiger partial charge on any atom is -0.00667 e. The topological polar surface area (TPSA) is 0 Å². The van der Waals surface area contributed by atoms with E-state index in [2.05, 4.69) is 18.2 Å². The molecular weight excluding hydrogens is 156 g/mol. The monoisotopic (exact) mass is 171 g/mol. The van der Waals surface area contributed by atoms with Gasteiger partial charge in [0.05, 0.1) is 0 Å². The van der Waals surface area contributed by atoms with Gasteiger partial charge in [0, 0.05) is 0 Å². The third-order valence-corrected chi connectivity index (χ3v) is 2.65. The van der Waals surface area contributed by atoms with E-state index in [-0.39, 0.29) is 0 Å². The van der Waals surface area contributed by atoms with Gasteiger partial charge in [-0.3, -0.25) is 0 Å². The van der Waals surface area contributed by atoms with Gasteiger partial charge in [0.1, 0.15) is 0 Å². The van der Waals surface area contributed by atoms with Crippen LogP contribution in [0.2, 0.25) is 0 Å². The molecule has 0 saturated carbocycles.